The van der Waals surface area contributed by atoms with Crippen molar-refractivity contribution in [1.29, 1.82) is 0 Å². The van der Waals surface area contributed by atoms with Gasteiger partial charge in [-0.15, -0.1) is 0 Å². The van der Waals surface area contributed by atoms with Crippen LogP contribution in [0, 0.1) is 6.92 Å². The zero-order valence-electron chi connectivity index (χ0n) is 16.1. The van der Waals surface area contributed by atoms with Crippen molar-refractivity contribution >= 4 is 22.5 Å². The molecule has 0 unspecified atom stereocenters. The number of benzene rings is 1. The number of pyridine rings is 1. The Morgan fingerprint density at radius 2 is 1.68 bits per heavy atom. The number of nitrogens with zero attached hydrogens (tertiary/aromatic N) is 2. The number of aliphatic hydroxyl groups is 1. The second kappa shape index (κ2) is 6.78. The van der Waals surface area contributed by atoms with Crippen molar-refractivity contribution in [2.24, 2.45) is 0 Å². The van der Waals surface area contributed by atoms with Crippen LogP contribution in [0.25, 0.3) is 22.0 Å². The standard InChI is InChI=1S/C23H25ClN2O2/c1-14-13-26(18-3-4-18)23(28)22(24)21(14)16-2-9-20-15(12-16)10-11-25(20)17-5-7-19(27)8-6-17/h2,9-13,17-19,27H,3-8H2,1H3/t17-,19-. The van der Waals surface area contributed by atoms with Crippen LogP contribution < -0.4 is 5.56 Å². The van der Waals surface area contributed by atoms with E-state index in [0.29, 0.717) is 17.1 Å². The third-order valence-corrected chi connectivity index (χ3v) is 6.73. The highest BCUT2D eigenvalue weighted by Crippen LogP contribution is 2.38. The van der Waals surface area contributed by atoms with Gasteiger partial charge in [0.15, 0.2) is 0 Å². The first-order valence-corrected chi connectivity index (χ1v) is 10.6. The monoisotopic (exact) mass is 396 g/mol. The van der Waals surface area contributed by atoms with E-state index in [0.717, 1.165) is 60.6 Å². The number of aromatic nitrogens is 2. The normalized spacial score (nSPS) is 22.7. The van der Waals surface area contributed by atoms with Crippen LogP contribution in [-0.2, 0) is 0 Å². The minimum atomic E-state index is -0.146. The van der Waals surface area contributed by atoms with Crippen LogP contribution in [0.3, 0.4) is 0 Å². The molecular weight excluding hydrogens is 372 g/mol. The summed E-state index contributed by atoms with van der Waals surface area (Å²) < 4.78 is 4.14. The predicted molar refractivity (Wildman–Crippen MR) is 113 cm³/mol. The molecule has 0 amide bonds. The summed E-state index contributed by atoms with van der Waals surface area (Å²) in [6.07, 6.45) is 9.85. The second-order valence-corrected chi connectivity index (χ2v) is 8.78. The number of aliphatic hydroxyl groups excluding tert-OH is 1. The van der Waals surface area contributed by atoms with Gasteiger partial charge in [-0.2, -0.15) is 0 Å². The van der Waals surface area contributed by atoms with E-state index < -0.39 is 0 Å². The van der Waals surface area contributed by atoms with Crippen molar-refractivity contribution in [2.45, 2.75) is 63.6 Å². The van der Waals surface area contributed by atoms with Gasteiger partial charge in [-0.1, -0.05) is 17.7 Å². The summed E-state index contributed by atoms with van der Waals surface area (Å²) in [5, 5.41) is 11.3. The minimum Gasteiger partial charge on any atom is -0.393 e. The summed E-state index contributed by atoms with van der Waals surface area (Å²) in [5.74, 6) is 0. The molecule has 1 aromatic carbocycles. The van der Waals surface area contributed by atoms with Crippen molar-refractivity contribution in [1.82, 2.24) is 9.13 Å². The first kappa shape index (κ1) is 18.0. The van der Waals surface area contributed by atoms with Gasteiger partial charge in [0, 0.05) is 40.9 Å². The molecule has 5 heteroatoms. The number of aryl methyl sites for hydroxylation is 1. The Kier molecular flexibility index (Phi) is 4.37. The Morgan fingerprint density at radius 1 is 1.00 bits per heavy atom. The number of hydrogen-bond acceptors (Lipinski definition) is 2. The molecule has 28 heavy (non-hydrogen) atoms. The van der Waals surface area contributed by atoms with Gasteiger partial charge in [0.2, 0.25) is 0 Å². The number of rotatable bonds is 3. The van der Waals surface area contributed by atoms with E-state index >= 15 is 0 Å². The molecule has 2 saturated carbocycles. The van der Waals surface area contributed by atoms with E-state index in [1.165, 1.54) is 5.52 Å². The third-order valence-electron chi connectivity index (χ3n) is 6.38. The summed E-state index contributed by atoms with van der Waals surface area (Å²) in [6.45, 7) is 2.03. The van der Waals surface area contributed by atoms with Crippen molar-refractivity contribution in [3.63, 3.8) is 0 Å². The summed E-state index contributed by atoms with van der Waals surface area (Å²) in [4.78, 5) is 12.7. The Labute approximate surface area is 169 Å². The summed E-state index contributed by atoms with van der Waals surface area (Å²) in [5.41, 5.74) is 4.00. The lowest BCUT2D eigenvalue weighted by Gasteiger charge is -2.27. The lowest BCUT2D eigenvalue weighted by molar-refractivity contribution is 0.111. The van der Waals surface area contributed by atoms with Crippen LogP contribution in [0.1, 0.15) is 56.2 Å². The summed E-state index contributed by atoms with van der Waals surface area (Å²) in [6, 6.07) is 9.25. The molecule has 2 aromatic heterocycles. The maximum Gasteiger partial charge on any atom is 0.270 e. The largest absolute Gasteiger partial charge is 0.393 e. The van der Waals surface area contributed by atoms with Crippen LogP contribution in [0.2, 0.25) is 5.02 Å². The van der Waals surface area contributed by atoms with Gasteiger partial charge in [-0.3, -0.25) is 4.79 Å². The molecule has 0 radical (unpaired) electrons. The molecule has 4 nitrogen and oxygen atoms in total. The molecule has 1 N–H and O–H groups in total. The summed E-state index contributed by atoms with van der Waals surface area (Å²) in [7, 11) is 0. The van der Waals surface area contributed by atoms with Gasteiger partial charge >= 0.3 is 0 Å². The minimum absolute atomic E-state index is 0.0804. The van der Waals surface area contributed by atoms with Gasteiger partial charge in [-0.05, 0) is 74.8 Å². The first-order valence-electron chi connectivity index (χ1n) is 10.2. The van der Waals surface area contributed by atoms with Gasteiger partial charge in [0.1, 0.15) is 5.02 Å². The fourth-order valence-corrected chi connectivity index (χ4v) is 5.03. The lowest BCUT2D eigenvalue weighted by Crippen LogP contribution is -2.20. The zero-order valence-corrected chi connectivity index (χ0v) is 16.8. The van der Waals surface area contributed by atoms with Crippen LogP contribution in [0.4, 0.5) is 0 Å². The molecule has 0 spiro atoms. The van der Waals surface area contributed by atoms with Crippen LogP contribution in [-0.4, -0.2) is 20.3 Å². The molecule has 3 aromatic rings. The number of fused-ring (bicyclic) bond motifs is 1. The van der Waals surface area contributed by atoms with Crippen LogP contribution >= 0.6 is 11.6 Å². The van der Waals surface area contributed by atoms with Crippen LogP contribution in [0.15, 0.2) is 41.5 Å². The van der Waals surface area contributed by atoms with Crippen molar-refractivity contribution in [3.05, 3.63) is 57.6 Å². The Morgan fingerprint density at radius 3 is 2.39 bits per heavy atom. The Balaban J connectivity index is 1.54. The Hall–Kier alpha value is -2.04. The third kappa shape index (κ3) is 2.99. The van der Waals surface area contributed by atoms with E-state index in [-0.39, 0.29) is 11.7 Å². The SMILES string of the molecule is Cc1cn(C2CC2)c(=O)c(Cl)c1-c1ccc2c(ccn2[C@H]2CC[C@H](O)CC2)c1. The quantitative estimate of drug-likeness (QED) is 0.657. The highest BCUT2D eigenvalue weighted by Gasteiger charge is 2.27. The predicted octanol–water partition coefficient (Wildman–Crippen LogP) is 5.24. The first-order chi connectivity index (χ1) is 13.5. The van der Waals surface area contributed by atoms with E-state index in [2.05, 4.69) is 35.0 Å². The second-order valence-electron chi connectivity index (χ2n) is 8.40. The Bertz CT molecular complexity index is 1100. The molecule has 2 aliphatic carbocycles. The molecule has 2 fully saturated rings. The highest BCUT2D eigenvalue weighted by atomic mass is 35.5. The molecule has 5 rings (SSSR count). The molecule has 2 heterocycles. The molecule has 2 aliphatic rings. The fraction of sp³-hybridized carbons (Fsp3) is 0.435. The van der Waals surface area contributed by atoms with E-state index in [1.54, 1.807) is 4.57 Å². The highest BCUT2D eigenvalue weighted by molar-refractivity contribution is 6.33. The van der Waals surface area contributed by atoms with E-state index in [4.69, 9.17) is 11.6 Å². The summed E-state index contributed by atoms with van der Waals surface area (Å²) >= 11 is 6.54. The van der Waals surface area contributed by atoms with Gasteiger partial charge < -0.3 is 14.2 Å². The lowest BCUT2D eigenvalue weighted by atomic mass is 9.93. The van der Waals surface area contributed by atoms with Gasteiger partial charge in [0.05, 0.1) is 6.10 Å². The number of hydrogen-bond donors (Lipinski definition) is 1. The zero-order chi connectivity index (χ0) is 19.4. The smallest absolute Gasteiger partial charge is 0.270 e. The maximum atomic E-state index is 12.7. The van der Waals surface area contributed by atoms with Crippen molar-refractivity contribution in [3.8, 4) is 11.1 Å². The maximum absolute atomic E-state index is 12.7. The topological polar surface area (TPSA) is 47.2 Å². The van der Waals surface area contributed by atoms with E-state index in [1.807, 2.05) is 13.1 Å². The molecule has 0 atom stereocenters. The molecule has 0 aliphatic heterocycles. The van der Waals surface area contributed by atoms with Crippen LogP contribution in [0.5, 0.6) is 0 Å². The van der Waals surface area contributed by atoms with Gasteiger partial charge in [-0.25, -0.2) is 0 Å². The molecule has 0 saturated heterocycles. The molecule has 146 valence electrons. The van der Waals surface area contributed by atoms with Crippen molar-refractivity contribution < 1.29 is 5.11 Å². The average Bonchev–Trinajstić information content (AvgIpc) is 3.45. The molecule has 0 bridgehead atoms. The fourth-order valence-electron chi connectivity index (χ4n) is 4.68. The average molecular weight is 397 g/mol. The van der Waals surface area contributed by atoms with Crippen molar-refractivity contribution in [2.75, 3.05) is 0 Å². The molecular formula is C23H25ClN2O2. The van der Waals surface area contributed by atoms with Gasteiger partial charge in [0.25, 0.3) is 5.56 Å². The number of halogens is 1. The van der Waals surface area contributed by atoms with E-state index in [9.17, 15) is 9.90 Å².